The number of hydrogen-bond acceptors (Lipinski definition) is 2. The third-order valence-electron chi connectivity index (χ3n) is 2.89. The Bertz CT molecular complexity index is 148. The standard InChI is InChI=1S/C14H31NO/c1-6-8-13(5)11-16-14(12(3)4)10-15-9-7-2/h12-15H,6-11H2,1-5H3. The summed E-state index contributed by atoms with van der Waals surface area (Å²) in [5, 5.41) is 3.45. The molecule has 16 heavy (non-hydrogen) atoms. The van der Waals surface area contributed by atoms with Crippen LogP contribution >= 0.6 is 0 Å². The molecule has 0 rings (SSSR count). The van der Waals surface area contributed by atoms with Crippen LogP contribution in [0.2, 0.25) is 0 Å². The van der Waals surface area contributed by atoms with Crippen LogP contribution in [-0.4, -0.2) is 25.8 Å². The molecule has 0 radical (unpaired) electrons. The Kier molecular flexibility index (Phi) is 10.0. The second-order valence-electron chi connectivity index (χ2n) is 5.21. The summed E-state index contributed by atoms with van der Waals surface area (Å²) in [6, 6.07) is 0. The lowest BCUT2D eigenvalue weighted by atomic mass is 10.1. The highest BCUT2D eigenvalue weighted by Crippen LogP contribution is 2.11. The van der Waals surface area contributed by atoms with Crippen LogP contribution in [0.15, 0.2) is 0 Å². The molecule has 0 saturated carbocycles. The van der Waals surface area contributed by atoms with Crippen LogP contribution in [0, 0.1) is 11.8 Å². The largest absolute Gasteiger partial charge is 0.376 e. The van der Waals surface area contributed by atoms with Gasteiger partial charge in [-0.2, -0.15) is 0 Å². The quantitative estimate of drug-likeness (QED) is 0.579. The zero-order valence-corrected chi connectivity index (χ0v) is 11.9. The molecule has 0 aliphatic carbocycles. The fourth-order valence-electron chi connectivity index (χ4n) is 1.77. The molecule has 0 aromatic rings. The summed E-state index contributed by atoms with van der Waals surface area (Å²) >= 11 is 0. The van der Waals surface area contributed by atoms with Crippen molar-refractivity contribution < 1.29 is 4.74 Å². The lowest BCUT2D eigenvalue weighted by Gasteiger charge is -2.24. The lowest BCUT2D eigenvalue weighted by Crippen LogP contribution is -2.34. The van der Waals surface area contributed by atoms with Gasteiger partial charge >= 0.3 is 0 Å². The minimum Gasteiger partial charge on any atom is -0.376 e. The molecule has 0 aromatic carbocycles. The van der Waals surface area contributed by atoms with Gasteiger partial charge in [0.2, 0.25) is 0 Å². The van der Waals surface area contributed by atoms with Gasteiger partial charge in [-0.15, -0.1) is 0 Å². The molecule has 2 unspecified atom stereocenters. The van der Waals surface area contributed by atoms with Gasteiger partial charge in [-0.25, -0.2) is 0 Å². The first-order valence-corrected chi connectivity index (χ1v) is 6.94. The van der Waals surface area contributed by atoms with Gasteiger partial charge < -0.3 is 10.1 Å². The molecule has 1 N–H and O–H groups in total. The fourth-order valence-corrected chi connectivity index (χ4v) is 1.77. The minimum atomic E-state index is 0.367. The second-order valence-corrected chi connectivity index (χ2v) is 5.21. The molecule has 0 bridgehead atoms. The topological polar surface area (TPSA) is 21.3 Å². The van der Waals surface area contributed by atoms with Crippen molar-refractivity contribution in [2.45, 2.75) is 60.0 Å². The van der Waals surface area contributed by atoms with Gasteiger partial charge in [-0.3, -0.25) is 0 Å². The normalized spacial score (nSPS) is 15.4. The third-order valence-corrected chi connectivity index (χ3v) is 2.89. The van der Waals surface area contributed by atoms with Gasteiger partial charge in [0, 0.05) is 13.2 Å². The van der Waals surface area contributed by atoms with Gasteiger partial charge in [0.1, 0.15) is 0 Å². The van der Waals surface area contributed by atoms with Gasteiger partial charge in [-0.05, 0) is 31.2 Å². The summed E-state index contributed by atoms with van der Waals surface area (Å²) in [5.41, 5.74) is 0. The Hall–Kier alpha value is -0.0800. The van der Waals surface area contributed by atoms with Crippen molar-refractivity contribution in [2.75, 3.05) is 19.7 Å². The van der Waals surface area contributed by atoms with Crippen LogP contribution in [0.4, 0.5) is 0 Å². The molecule has 0 amide bonds. The first-order valence-electron chi connectivity index (χ1n) is 6.94. The van der Waals surface area contributed by atoms with Crippen LogP contribution in [0.3, 0.4) is 0 Å². The van der Waals surface area contributed by atoms with Crippen LogP contribution < -0.4 is 5.32 Å². The average molecular weight is 229 g/mol. The van der Waals surface area contributed by atoms with Crippen molar-refractivity contribution in [3.8, 4) is 0 Å². The van der Waals surface area contributed by atoms with E-state index in [2.05, 4.69) is 39.9 Å². The van der Waals surface area contributed by atoms with Crippen molar-refractivity contribution >= 4 is 0 Å². The highest BCUT2D eigenvalue weighted by atomic mass is 16.5. The second kappa shape index (κ2) is 10.1. The van der Waals surface area contributed by atoms with Crippen LogP contribution in [-0.2, 0) is 4.74 Å². The summed E-state index contributed by atoms with van der Waals surface area (Å²) in [7, 11) is 0. The van der Waals surface area contributed by atoms with E-state index in [4.69, 9.17) is 4.74 Å². The summed E-state index contributed by atoms with van der Waals surface area (Å²) < 4.78 is 6.00. The Morgan fingerprint density at radius 1 is 1.06 bits per heavy atom. The molecule has 98 valence electrons. The molecule has 2 atom stereocenters. The first kappa shape index (κ1) is 15.9. The Morgan fingerprint density at radius 2 is 1.75 bits per heavy atom. The maximum absolute atomic E-state index is 6.00. The van der Waals surface area contributed by atoms with Crippen LogP contribution in [0.1, 0.15) is 53.9 Å². The predicted octanol–water partition coefficient (Wildman–Crippen LogP) is 3.46. The van der Waals surface area contributed by atoms with Gasteiger partial charge in [-0.1, -0.05) is 41.0 Å². The van der Waals surface area contributed by atoms with Crippen molar-refractivity contribution in [3.63, 3.8) is 0 Å². The van der Waals surface area contributed by atoms with E-state index in [0.29, 0.717) is 17.9 Å². The highest BCUT2D eigenvalue weighted by Gasteiger charge is 2.14. The van der Waals surface area contributed by atoms with E-state index in [-0.39, 0.29) is 0 Å². The smallest absolute Gasteiger partial charge is 0.0722 e. The van der Waals surface area contributed by atoms with E-state index in [9.17, 15) is 0 Å². The van der Waals surface area contributed by atoms with Gasteiger partial charge in [0.15, 0.2) is 0 Å². The molecule has 0 aliphatic rings. The molecule has 2 heteroatoms. The third kappa shape index (κ3) is 8.12. The molecule has 0 aliphatic heterocycles. The van der Waals surface area contributed by atoms with E-state index in [1.807, 2.05) is 0 Å². The van der Waals surface area contributed by atoms with E-state index < -0.39 is 0 Å². The molecule has 0 spiro atoms. The van der Waals surface area contributed by atoms with Gasteiger partial charge in [0.25, 0.3) is 0 Å². The Labute approximate surface area is 102 Å². The number of nitrogens with one attached hydrogen (secondary N) is 1. The van der Waals surface area contributed by atoms with E-state index in [0.717, 1.165) is 19.7 Å². The summed E-state index contributed by atoms with van der Waals surface area (Å²) in [4.78, 5) is 0. The number of ether oxygens (including phenoxy) is 1. The maximum Gasteiger partial charge on any atom is 0.0722 e. The monoisotopic (exact) mass is 229 g/mol. The number of rotatable bonds is 10. The van der Waals surface area contributed by atoms with Gasteiger partial charge in [0.05, 0.1) is 6.10 Å². The van der Waals surface area contributed by atoms with Crippen molar-refractivity contribution in [1.29, 1.82) is 0 Å². The Balaban J connectivity index is 3.75. The fraction of sp³-hybridized carbons (Fsp3) is 1.00. The van der Waals surface area contributed by atoms with Crippen molar-refractivity contribution in [2.24, 2.45) is 11.8 Å². The van der Waals surface area contributed by atoms with E-state index >= 15 is 0 Å². The predicted molar refractivity (Wildman–Crippen MR) is 71.8 cm³/mol. The maximum atomic E-state index is 6.00. The van der Waals surface area contributed by atoms with E-state index in [1.165, 1.54) is 19.3 Å². The van der Waals surface area contributed by atoms with E-state index in [1.54, 1.807) is 0 Å². The summed E-state index contributed by atoms with van der Waals surface area (Å²) in [6.07, 6.45) is 4.08. The van der Waals surface area contributed by atoms with Crippen LogP contribution in [0.5, 0.6) is 0 Å². The molecule has 0 fully saturated rings. The molecule has 0 heterocycles. The molecule has 2 nitrogen and oxygen atoms in total. The minimum absolute atomic E-state index is 0.367. The zero-order valence-electron chi connectivity index (χ0n) is 11.9. The average Bonchev–Trinajstić information content (AvgIpc) is 2.23. The number of hydrogen-bond donors (Lipinski definition) is 1. The summed E-state index contributed by atoms with van der Waals surface area (Å²) in [5.74, 6) is 1.29. The lowest BCUT2D eigenvalue weighted by molar-refractivity contribution is 0.00439. The highest BCUT2D eigenvalue weighted by molar-refractivity contribution is 4.66. The summed E-state index contributed by atoms with van der Waals surface area (Å²) in [6.45, 7) is 14.2. The molecular weight excluding hydrogens is 198 g/mol. The van der Waals surface area contributed by atoms with Crippen LogP contribution in [0.25, 0.3) is 0 Å². The first-order chi connectivity index (χ1) is 7.61. The molecule has 0 aromatic heterocycles. The SMILES string of the molecule is CCCNCC(OCC(C)CCC)C(C)C. The Morgan fingerprint density at radius 3 is 2.25 bits per heavy atom. The van der Waals surface area contributed by atoms with Crippen molar-refractivity contribution in [1.82, 2.24) is 5.32 Å². The van der Waals surface area contributed by atoms with Crippen molar-refractivity contribution in [3.05, 3.63) is 0 Å². The zero-order chi connectivity index (χ0) is 12.4. The molecule has 0 saturated heterocycles. The molecular formula is C14H31NO.